The summed E-state index contributed by atoms with van der Waals surface area (Å²) in [5.41, 5.74) is 0.118. The van der Waals surface area contributed by atoms with E-state index in [0.717, 1.165) is 24.7 Å². The molecule has 2 rings (SSSR count). The monoisotopic (exact) mass is 228 g/mol. The van der Waals surface area contributed by atoms with Gasteiger partial charge < -0.3 is 9.29 Å². The Morgan fingerprint density at radius 1 is 1.27 bits per heavy atom. The molecule has 0 spiro atoms. The van der Waals surface area contributed by atoms with Crippen LogP contribution in [-0.4, -0.2) is 19.8 Å². The van der Waals surface area contributed by atoms with E-state index in [9.17, 15) is 13.5 Å². The third-order valence-corrected chi connectivity index (χ3v) is 2.86. The van der Waals surface area contributed by atoms with Crippen LogP contribution in [0.25, 0.3) is 0 Å². The van der Waals surface area contributed by atoms with E-state index in [-0.39, 0.29) is 5.75 Å². The van der Waals surface area contributed by atoms with Gasteiger partial charge in [-0.1, -0.05) is 12.1 Å². The summed E-state index contributed by atoms with van der Waals surface area (Å²) in [7, 11) is -3.47. The topological polar surface area (TPSA) is 63.6 Å². The van der Waals surface area contributed by atoms with E-state index >= 15 is 0 Å². The van der Waals surface area contributed by atoms with Crippen LogP contribution in [0.3, 0.4) is 0 Å². The maximum atomic E-state index is 10.8. The maximum absolute atomic E-state index is 10.8. The molecule has 1 saturated carbocycles. The first-order valence-electron chi connectivity index (χ1n) is 4.61. The van der Waals surface area contributed by atoms with E-state index in [1.54, 1.807) is 24.3 Å². The van der Waals surface area contributed by atoms with Gasteiger partial charge in [-0.3, -0.25) is 0 Å². The van der Waals surface area contributed by atoms with Gasteiger partial charge in [0.15, 0.2) is 0 Å². The summed E-state index contributed by atoms with van der Waals surface area (Å²) in [6.45, 7) is 0. The molecular weight excluding hydrogens is 216 g/mol. The van der Waals surface area contributed by atoms with Gasteiger partial charge in [-0.25, -0.2) is 0 Å². The first-order chi connectivity index (χ1) is 6.89. The number of hydrogen-bond acceptors (Lipinski definition) is 4. The lowest BCUT2D eigenvalue weighted by atomic mass is 10.1. The fourth-order valence-electron chi connectivity index (χ4n) is 1.40. The lowest BCUT2D eigenvalue weighted by Crippen LogP contribution is -2.07. The zero-order valence-corrected chi connectivity index (χ0v) is 9.12. The minimum absolute atomic E-state index is 0.269. The normalized spacial score (nSPS) is 18.5. The Hall–Kier alpha value is -1.07. The third-order valence-electron chi connectivity index (χ3n) is 2.36. The van der Waals surface area contributed by atoms with E-state index in [1.807, 2.05) is 0 Å². The van der Waals surface area contributed by atoms with E-state index in [4.69, 9.17) is 0 Å². The SMILES string of the molecule is CS(=O)(=O)Oc1ccc(C2(O)CC2)cc1. The van der Waals surface area contributed by atoms with Gasteiger partial charge >= 0.3 is 10.1 Å². The van der Waals surface area contributed by atoms with Crippen molar-refractivity contribution in [2.24, 2.45) is 0 Å². The molecule has 0 bridgehead atoms. The molecule has 1 N–H and O–H groups in total. The van der Waals surface area contributed by atoms with Crippen molar-refractivity contribution >= 4 is 10.1 Å². The molecule has 0 aromatic heterocycles. The predicted octanol–water partition coefficient (Wildman–Crippen LogP) is 1.01. The molecule has 15 heavy (non-hydrogen) atoms. The summed E-state index contributed by atoms with van der Waals surface area (Å²) < 4.78 is 26.3. The first kappa shape index (κ1) is 10.4. The molecule has 0 atom stereocenters. The van der Waals surface area contributed by atoms with Crippen molar-refractivity contribution in [3.05, 3.63) is 29.8 Å². The van der Waals surface area contributed by atoms with Crippen molar-refractivity contribution in [1.29, 1.82) is 0 Å². The second kappa shape index (κ2) is 3.21. The quantitative estimate of drug-likeness (QED) is 0.784. The predicted molar refractivity (Wildman–Crippen MR) is 55.0 cm³/mol. The first-order valence-corrected chi connectivity index (χ1v) is 6.43. The lowest BCUT2D eigenvalue weighted by Gasteiger charge is -2.08. The van der Waals surface area contributed by atoms with E-state index < -0.39 is 15.7 Å². The van der Waals surface area contributed by atoms with Crippen molar-refractivity contribution in [2.75, 3.05) is 6.26 Å². The molecule has 1 aromatic rings. The van der Waals surface area contributed by atoms with Crippen LogP contribution >= 0.6 is 0 Å². The van der Waals surface area contributed by atoms with Gasteiger partial charge in [0, 0.05) is 0 Å². The third kappa shape index (κ3) is 2.49. The molecule has 0 unspecified atom stereocenters. The molecule has 5 heteroatoms. The van der Waals surface area contributed by atoms with Crippen LogP contribution in [0.2, 0.25) is 0 Å². The number of benzene rings is 1. The van der Waals surface area contributed by atoms with Gasteiger partial charge in [-0.15, -0.1) is 0 Å². The summed E-state index contributed by atoms with van der Waals surface area (Å²) in [6.07, 6.45) is 2.52. The van der Waals surface area contributed by atoms with Crippen LogP contribution < -0.4 is 4.18 Å². The Morgan fingerprint density at radius 2 is 1.80 bits per heavy atom. The minimum atomic E-state index is -3.47. The minimum Gasteiger partial charge on any atom is -0.385 e. The van der Waals surface area contributed by atoms with Crippen molar-refractivity contribution in [2.45, 2.75) is 18.4 Å². The van der Waals surface area contributed by atoms with E-state index in [2.05, 4.69) is 4.18 Å². The van der Waals surface area contributed by atoms with E-state index in [0.29, 0.717) is 0 Å². The van der Waals surface area contributed by atoms with Crippen LogP contribution in [0.5, 0.6) is 5.75 Å². The highest BCUT2D eigenvalue weighted by molar-refractivity contribution is 7.86. The molecule has 4 nitrogen and oxygen atoms in total. The van der Waals surface area contributed by atoms with Crippen LogP contribution in [0.15, 0.2) is 24.3 Å². The summed E-state index contributed by atoms with van der Waals surface area (Å²) in [5, 5.41) is 9.76. The fourth-order valence-corrected chi connectivity index (χ4v) is 1.86. The van der Waals surface area contributed by atoms with Crippen LogP contribution in [0.1, 0.15) is 18.4 Å². The lowest BCUT2D eigenvalue weighted by molar-refractivity contribution is 0.151. The molecule has 0 aliphatic heterocycles. The summed E-state index contributed by atoms with van der Waals surface area (Å²) in [4.78, 5) is 0. The maximum Gasteiger partial charge on any atom is 0.306 e. The molecule has 0 radical (unpaired) electrons. The number of hydrogen-bond donors (Lipinski definition) is 1. The summed E-state index contributed by atoms with van der Waals surface area (Å²) >= 11 is 0. The Kier molecular flexibility index (Phi) is 2.24. The zero-order chi connectivity index (χ0) is 11.1. The van der Waals surface area contributed by atoms with Crippen molar-refractivity contribution in [3.63, 3.8) is 0 Å². The molecule has 1 aromatic carbocycles. The zero-order valence-electron chi connectivity index (χ0n) is 8.30. The molecule has 0 saturated heterocycles. The van der Waals surface area contributed by atoms with Gasteiger partial charge in [0.05, 0.1) is 11.9 Å². The van der Waals surface area contributed by atoms with Gasteiger partial charge in [0.1, 0.15) is 5.75 Å². The molecule has 0 heterocycles. The summed E-state index contributed by atoms with van der Waals surface area (Å²) in [6, 6.07) is 6.47. The molecule has 1 aliphatic rings. The average molecular weight is 228 g/mol. The molecule has 0 amide bonds. The highest BCUT2D eigenvalue weighted by Crippen LogP contribution is 2.45. The second-order valence-electron chi connectivity index (χ2n) is 3.84. The number of rotatable bonds is 3. The second-order valence-corrected chi connectivity index (χ2v) is 5.42. The van der Waals surface area contributed by atoms with Gasteiger partial charge in [0.2, 0.25) is 0 Å². The van der Waals surface area contributed by atoms with Crippen molar-refractivity contribution < 1.29 is 17.7 Å². The Balaban J connectivity index is 2.18. The van der Waals surface area contributed by atoms with Gasteiger partial charge in [-0.2, -0.15) is 8.42 Å². The van der Waals surface area contributed by atoms with E-state index in [1.165, 1.54) is 0 Å². The van der Waals surface area contributed by atoms with Crippen molar-refractivity contribution in [3.8, 4) is 5.75 Å². The van der Waals surface area contributed by atoms with Crippen molar-refractivity contribution in [1.82, 2.24) is 0 Å². The highest BCUT2D eigenvalue weighted by atomic mass is 32.2. The highest BCUT2D eigenvalue weighted by Gasteiger charge is 2.41. The molecule has 82 valence electrons. The Morgan fingerprint density at radius 3 is 2.20 bits per heavy atom. The van der Waals surface area contributed by atoms with Gasteiger partial charge in [0.25, 0.3) is 0 Å². The smallest absolute Gasteiger partial charge is 0.306 e. The fraction of sp³-hybridized carbons (Fsp3) is 0.400. The van der Waals surface area contributed by atoms with Crippen LogP contribution in [0, 0.1) is 0 Å². The van der Waals surface area contributed by atoms with Gasteiger partial charge in [-0.05, 0) is 30.5 Å². The summed E-state index contributed by atoms with van der Waals surface area (Å²) in [5.74, 6) is 0.269. The molecular formula is C10H12O4S. The Bertz CT molecular complexity index is 457. The molecule has 1 aliphatic carbocycles. The largest absolute Gasteiger partial charge is 0.385 e. The Labute approximate surface area is 88.6 Å². The molecule has 1 fully saturated rings. The number of aliphatic hydroxyl groups is 1. The van der Waals surface area contributed by atoms with Crippen LogP contribution in [-0.2, 0) is 15.7 Å². The standard InChI is InChI=1S/C10H12O4S/c1-15(12,13)14-9-4-2-8(3-5-9)10(11)6-7-10/h2-5,11H,6-7H2,1H3. The van der Waals surface area contributed by atoms with Crippen LogP contribution in [0.4, 0.5) is 0 Å². The average Bonchev–Trinajstić information content (AvgIpc) is 2.83.